The van der Waals surface area contributed by atoms with Crippen LogP contribution in [0.25, 0.3) is 34.0 Å². The number of fused-ring (bicyclic) bond motifs is 2. The molecule has 25 heteroatoms. The summed E-state index contributed by atoms with van der Waals surface area (Å²) in [6.07, 6.45) is 11.7. The molecule has 0 bridgehead atoms. The summed E-state index contributed by atoms with van der Waals surface area (Å²) in [5.41, 5.74) is 8.33. The summed E-state index contributed by atoms with van der Waals surface area (Å²) < 4.78 is 27.1. The second-order valence-electron chi connectivity index (χ2n) is 30.3. The number of esters is 5. The fourth-order valence-corrected chi connectivity index (χ4v) is 10.5. The van der Waals surface area contributed by atoms with Crippen LogP contribution in [0.15, 0.2) is 73.1 Å². The summed E-state index contributed by atoms with van der Waals surface area (Å²) in [5, 5.41) is 28.5. The molecule has 0 spiro atoms. The number of aliphatic hydroxyl groups excluding tert-OH is 1. The normalized spacial score (nSPS) is 17.1. The molecule has 0 unspecified atom stereocenters. The van der Waals surface area contributed by atoms with Crippen molar-refractivity contribution in [3.05, 3.63) is 95.3 Å². The molecule has 0 radical (unpaired) electrons. The number of carboxylic acid groups (broad SMARTS) is 1. The smallest absolute Gasteiger partial charge is 0.325 e. The lowest BCUT2D eigenvalue weighted by molar-refractivity contribution is -0.159. The number of aliphatic carboxylic acids is 1. The van der Waals surface area contributed by atoms with Crippen molar-refractivity contribution in [2.45, 2.75) is 249 Å². The van der Waals surface area contributed by atoms with Crippen LogP contribution < -0.4 is 21.5 Å². The SMILES string of the molecule is CC(C)[C@H](CC(=O)OC(C)(C)C)C(=O)N[C@@H](C)C(=O)N1CCC[C@@H](C(=O)O)N1.CC(C)[C@H](CC(=O)OC(C)(C)C)C(=O)N[C@@H](C)C(=O)N1CCC[C@@H](C(=O)O[C@H](C)c2cnc3ccc(/C=C/CC(=O)OC(C)(C)C)cc3c2)N1.C[C@@H](O)c1cnc2ccc(/C=C/CC(=O)OC(C)(C)C)cc2c1. The topological polar surface area (TPSA) is 338 Å². The predicted octanol–water partition coefficient (Wildman–Crippen LogP) is 10.7. The first-order valence-electron chi connectivity index (χ1n) is 34.7. The molecule has 2 aromatic heterocycles. The van der Waals surface area contributed by atoms with E-state index in [0.717, 1.165) is 38.5 Å². The van der Waals surface area contributed by atoms with Gasteiger partial charge < -0.3 is 44.5 Å². The minimum absolute atomic E-state index is 0.0786. The number of carbonyl (C=O) groups is 10. The average Bonchev–Trinajstić information content (AvgIpc) is 0.831. The van der Waals surface area contributed by atoms with Crippen molar-refractivity contribution < 1.29 is 81.8 Å². The van der Waals surface area contributed by atoms with Gasteiger partial charge in [0, 0.05) is 41.8 Å². The summed E-state index contributed by atoms with van der Waals surface area (Å²) >= 11 is 0. The number of carbonyl (C=O) groups excluding carboxylic acids is 9. The number of nitrogens with zero attached hydrogens (tertiary/aromatic N) is 4. The van der Waals surface area contributed by atoms with Crippen molar-refractivity contribution >= 4 is 93.4 Å². The molecular weight excluding hydrogens is 1300 g/mol. The van der Waals surface area contributed by atoms with E-state index in [4.69, 9.17) is 28.8 Å². The maximum atomic E-state index is 13.3. The largest absolute Gasteiger partial charge is 0.480 e. The third-order valence-electron chi connectivity index (χ3n) is 15.6. The molecule has 2 aliphatic heterocycles. The van der Waals surface area contributed by atoms with E-state index in [1.807, 2.05) is 130 Å². The van der Waals surface area contributed by atoms with Crippen LogP contribution in [0.2, 0.25) is 0 Å². The van der Waals surface area contributed by atoms with Gasteiger partial charge in [-0.2, -0.15) is 0 Å². The quantitative estimate of drug-likeness (QED) is 0.0297. The number of amides is 4. The van der Waals surface area contributed by atoms with E-state index < -0.39 is 118 Å². The van der Waals surface area contributed by atoms with Gasteiger partial charge in [0.1, 0.15) is 52.7 Å². The highest BCUT2D eigenvalue weighted by molar-refractivity contribution is 5.92. The Hall–Kier alpha value is -8.68. The second kappa shape index (κ2) is 37.8. The van der Waals surface area contributed by atoms with Crippen molar-refractivity contribution in [2.24, 2.45) is 23.7 Å². The Bertz CT molecular complexity index is 3590. The average molecular weight is 1410 g/mol. The van der Waals surface area contributed by atoms with Crippen molar-refractivity contribution in [3.8, 4) is 0 Å². The predicted molar refractivity (Wildman–Crippen MR) is 384 cm³/mol. The lowest BCUT2D eigenvalue weighted by Gasteiger charge is -2.35. The molecule has 0 saturated carbocycles. The van der Waals surface area contributed by atoms with Crippen LogP contribution in [0.3, 0.4) is 0 Å². The van der Waals surface area contributed by atoms with E-state index in [9.17, 15) is 53.1 Å². The molecule has 0 aliphatic carbocycles. The maximum absolute atomic E-state index is 13.3. The first-order valence-corrected chi connectivity index (χ1v) is 34.7. The Balaban J connectivity index is 0.000000356. The van der Waals surface area contributed by atoms with Crippen LogP contribution in [0.1, 0.15) is 224 Å². The molecule has 101 heavy (non-hydrogen) atoms. The standard InChI is InChI=1S/C38H54N4O8.C19H33N3O6.C19H23NO3/c1-23(2)29(21-33(44)50-38(8,9)10)34(45)40-24(3)35(46)42-18-12-14-31(41-42)36(47)48-25(4)28-20-27-19-26(16-17-30(27)39-22-28)13-11-15-32(43)49-37(5,6)7;1-11(2)13(10-15(23)28-19(4,5)6)16(24)20-12(3)17(25)22-9-7-8-14(21-22)18(26)27;1-13(21)16-11-15-10-14(8-9-17(15)20-12-16)6-5-7-18(22)23-19(2,3)4/h11,13,16-17,19-20,22-25,29,31,41H,12,14-15,18,21H2,1-10H3,(H,40,45);11-14,21H,7-10H2,1-6H3,(H,20,24)(H,26,27);5-6,8-13,21H,7H2,1-4H3/b13-11+;;6-5+/t24-,25+,29-,31-;12-,13-,14-;13-/m001/s1. The molecule has 4 heterocycles. The van der Waals surface area contributed by atoms with E-state index in [2.05, 4.69) is 31.5 Å². The molecule has 556 valence electrons. The van der Waals surface area contributed by atoms with E-state index in [1.54, 1.807) is 86.9 Å². The molecular formula is C76H110N8O17. The van der Waals surface area contributed by atoms with Crippen LogP contribution in [-0.2, 0) is 71.6 Å². The fraction of sp³-hybridized carbons (Fsp3) is 0.579. The fourth-order valence-electron chi connectivity index (χ4n) is 10.5. The number of hydrogen-bond acceptors (Lipinski definition) is 20. The molecule has 4 aromatic rings. The number of carboxylic acids is 1. The maximum Gasteiger partial charge on any atom is 0.325 e. The molecule has 6 N–H and O–H groups in total. The molecule has 2 saturated heterocycles. The molecule has 2 fully saturated rings. The third kappa shape index (κ3) is 30.2. The van der Waals surface area contributed by atoms with Gasteiger partial charge in [-0.25, -0.2) is 10.9 Å². The number of ether oxygens (including phenoxy) is 5. The van der Waals surface area contributed by atoms with E-state index in [-0.39, 0.29) is 49.5 Å². The minimum atomic E-state index is -1.02. The minimum Gasteiger partial charge on any atom is -0.480 e. The zero-order chi connectivity index (χ0) is 76.1. The van der Waals surface area contributed by atoms with Gasteiger partial charge in [-0.1, -0.05) is 64.1 Å². The number of aliphatic hydroxyl groups is 1. The van der Waals surface area contributed by atoms with Crippen molar-refractivity contribution in [2.75, 3.05) is 13.1 Å². The highest BCUT2D eigenvalue weighted by Crippen LogP contribution is 2.27. The molecule has 8 atom stereocenters. The van der Waals surface area contributed by atoms with Gasteiger partial charge >= 0.3 is 35.8 Å². The number of aromatic nitrogens is 2. The van der Waals surface area contributed by atoms with Gasteiger partial charge in [-0.3, -0.25) is 67.9 Å². The van der Waals surface area contributed by atoms with Gasteiger partial charge in [0.25, 0.3) is 11.8 Å². The highest BCUT2D eigenvalue weighted by Gasteiger charge is 2.37. The Kier molecular flexibility index (Phi) is 31.7. The third-order valence-corrected chi connectivity index (χ3v) is 15.6. The van der Waals surface area contributed by atoms with E-state index in [0.29, 0.717) is 44.3 Å². The lowest BCUT2D eigenvalue weighted by atomic mass is 9.91. The van der Waals surface area contributed by atoms with Crippen LogP contribution in [0.4, 0.5) is 0 Å². The Morgan fingerprint density at radius 1 is 0.535 bits per heavy atom. The van der Waals surface area contributed by atoms with Crippen molar-refractivity contribution in [3.63, 3.8) is 0 Å². The highest BCUT2D eigenvalue weighted by atomic mass is 16.6. The van der Waals surface area contributed by atoms with Crippen molar-refractivity contribution in [1.29, 1.82) is 0 Å². The molecule has 2 aliphatic rings. The van der Waals surface area contributed by atoms with Crippen LogP contribution >= 0.6 is 0 Å². The number of pyridine rings is 2. The number of hydrogen-bond donors (Lipinski definition) is 6. The molecule has 4 amide bonds. The first-order chi connectivity index (χ1) is 46.8. The summed E-state index contributed by atoms with van der Waals surface area (Å²) in [7, 11) is 0. The van der Waals surface area contributed by atoms with Crippen LogP contribution in [0, 0.1) is 23.7 Å². The summed E-state index contributed by atoms with van der Waals surface area (Å²) in [4.78, 5) is 133. The number of benzene rings is 2. The van der Waals surface area contributed by atoms with Crippen molar-refractivity contribution in [1.82, 2.24) is 41.5 Å². The van der Waals surface area contributed by atoms with Crippen LogP contribution in [-0.4, -0.2) is 149 Å². The van der Waals surface area contributed by atoms with Gasteiger partial charge in [0.2, 0.25) is 11.8 Å². The Labute approximate surface area is 595 Å². The zero-order valence-corrected chi connectivity index (χ0v) is 62.7. The monoisotopic (exact) mass is 1410 g/mol. The first kappa shape index (κ1) is 84.7. The lowest BCUT2D eigenvalue weighted by Crippen LogP contribution is -2.59. The van der Waals surface area contributed by atoms with Gasteiger partial charge in [0.05, 0.1) is 54.7 Å². The van der Waals surface area contributed by atoms with Gasteiger partial charge in [-0.15, -0.1) is 0 Å². The Morgan fingerprint density at radius 2 is 0.901 bits per heavy atom. The summed E-state index contributed by atoms with van der Waals surface area (Å²) in [6.45, 7) is 36.2. The van der Waals surface area contributed by atoms with Gasteiger partial charge in [0.15, 0.2) is 0 Å². The Morgan fingerprint density at radius 3 is 1.28 bits per heavy atom. The zero-order valence-electron chi connectivity index (χ0n) is 62.7. The summed E-state index contributed by atoms with van der Waals surface area (Å²) in [6, 6.07) is 12.1. The molecule has 25 nitrogen and oxygen atoms in total. The summed E-state index contributed by atoms with van der Waals surface area (Å²) in [5.74, 6) is -6.27. The van der Waals surface area contributed by atoms with E-state index in [1.165, 1.54) is 16.9 Å². The molecule has 2 aromatic carbocycles. The number of rotatable bonds is 23. The van der Waals surface area contributed by atoms with Gasteiger partial charge in [-0.05, 0) is 201 Å². The van der Waals surface area contributed by atoms with E-state index >= 15 is 0 Å². The second-order valence-corrected chi connectivity index (χ2v) is 30.3. The molecule has 6 rings (SSSR count). The van der Waals surface area contributed by atoms with Crippen LogP contribution in [0.5, 0.6) is 0 Å². The number of hydrazine groups is 2. The number of nitrogens with one attached hydrogen (secondary N) is 4.